The highest BCUT2D eigenvalue weighted by molar-refractivity contribution is 5.97. The fourth-order valence-electron chi connectivity index (χ4n) is 2.29. The number of carbonyl (C=O) groups is 1. The summed E-state index contributed by atoms with van der Waals surface area (Å²) >= 11 is 0. The largest absolute Gasteiger partial charge is 0.391 e. The van der Waals surface area contributed by atoms with Crippen LogP contribution in [0.5, 0.6) is 0 Å². The molecule has 2 aromatic rings. The van der Waals surface area contributed by atoms with Crippen LogP contribution in [-0.2, 0) is 0 Å². The SMILES string of the molecule is CN(CC(O)C1CC1)C(=O)c1ccc2[nH]ncc2c1. The Morgan fingerprint density at radius 1 is 1.58 bits per heavy atom. The molecule has 2 N–H and O–H groups in total. The van der Waals surface area contributed by atoms with Crippen LogP contribution in [0.25, 0.3) is 10.9 Å². The quantitative estimate of drug-likeness (QED) is 0.872. The van der Waals surface area contributed by atoms with E-state index >= 15 is 0 Å². The highest BCUT2D eigenvalue weighted by atomic mass is 16.3. The molecule has 1 amide bonds. The van der Waals surface area contributed by atoms with Crippen LogP contribution in [0.2, 0.25) is 0 Å². The van der Waals surface area contributed by atoms with Gasteiger partial charge in [-0.2, -0.15) is 5.10 Å². The van der Waals surface area contributed by atoms with Gasteiger partial charge in [0.2, 0.25) is 0 Å². The van der Waals surface area contributed by atoms with Gasteiger partial charge in [0.05, 0.1) is 17.8 Å². The summed E-state index contributed by atoms with van der Waals surface area (Å²) in [6, 6.07) is 5.45. The van der Waals surface area contributed by atoms with E-state index in [1.165, 1.54) is 0 Å². The van der Waals surface area contributed by atoms with E-state index in [2.05, 4.69) is 10.2 Å². The molecule has 1 unspecified atom stereocenters. The van der Waals surface area contributed by atoms with Crippen LogP contribution in [0.15, 0.2) is 24.4 Å². The lowest BCUT2D eigenvalue weighted by Crippen LogP contribution is -2.35. The van der Waals surface area contributed by atoms with Gasteiger partial charge in [-0.1, -0.05) is 0 Å². The molecule has 0 saturated heterocycles. The van der Waals surface area contributed by atoms with Gasteiger partial charge in [-0.05, 0) is 37.0 Å². The van der Waals surface area contributed by atoms with Crippen LogP contribution in [-0.4, -0.2) is 45.8 Å². The molecule has 5 nitrogen and oxygen atoms in total. The third-order valence-electron chi connectivity index (χ3n) is 3.66. The first-order chi connectivity index (χ1) is 9.15. The summed E-state index contributed by atoms with van der Waals surface area (Å²) in [5.41, 5.74) is 1.54. The number of benzene rings is 1. The third-order valence-corrected chi connectivity index (χ3v) is 3.66. The Bertz CT molecular complexity index is 604. The smallest absolute Gasteiger partial charge is 0.253 e. The molecule has 3 rings (SSSR count). The Morgan fingerprint density at radius 3 is 3.11 bits per heavy atom. The molecule has 1 aromatic heterocycles. The second-order valence-electron chi connectivity index (χ2n) is 5.26. The minimum Gasteiger partial charge on any atom is -0.391 e. The topological polar surface area (TPSA) is 69.2 Å². The number of hydrogen-bond donors (Lipinski definition) is 2. The molecule has 0 aliphatic heterocycles. The summed E-state index contributed by atoms with van der Waals surface area (Å²) in [6.45, 7) is 0.396. The summed E-state index contributed by atoms with van der Waals surface area (Å²) in [5, 5.41) is 17.6. The Morgan fingerprint density at radius 2 is 2.37 bits per heavy atom. The predicted molar refractivity (Wildman–Crippen MR) is 71.8 cm³/mol. The molecular formula is C14H17N3O2. The van der Waals surface area contributed by atoms with Crippen molar-refractivity contribution in [2.45, 2.75) is 18.9 Å². The van der Waals surface area contributed by atoms with Gasteiger partial charge in [0.1, 0.15) is 0 Å². The number of fused-ring (bicyclic) bond motifs is 1. The minimum atomic E-state index is -0.397. The first-order valence-corrected chi connectivity index (χ1v) is 6.52. The van der Waals surface area contributed by atoms with Gasteiger partial charge in [0.15, 0.2) is 0 Å². The van der Waals surface area contributed by atoms with E-state index in [0.29, 0.717) is 18.0 Å². The molecular weight excluding hydrogens is 242 g/mol. The molecule has 1 fully saturated rings. The van der Waals surface area contributed by atoms with Gasteiger partial charge in [-0.25, -0.2) is 0 Å². The van der Waals surface area contributed by atoms with Gasteiger partial charge in [-0.3, -0.25) is 9.89 Å². The van der Waals surface area contributed by atoms with Crippen molar-refractivity contribution in [3.8, 4) is 0 Å². The molecule has 0 bridgehead atoms. The highest BCUT2D eigenvalue weighted by Crippen LogP contribution is 2.32. The number of aliphatic hydroxyl groups is 1. The van der Waals surface area contributed by atoms with E-state index in [-0.39, 0.29) is 5.91 Å². The molecule has 19 heavy (non-hydrogen) atoms. The normalized spacial score (nSPS) is 16.5. The van der Waals surface area contributed by atoms with E-state index in [1.807, 2.05) is 12.1 Å². The fourth-order valence-corrected chi connectivity index (χ4v) is 2.29. The highest BCUT2D eigenvalue weighted by Gasteiger charge is 2.31. The van der Waals surface area contributed by atoms with Crippen molar-refractivity contribution in [1.29, 1.82) is 0 Å². The summed E-state index contributed by atoms with van der Waals surface area (Å²) < 4.78 is 0. The van der Waals surface area contributed by atoms with E-state index < -0.39 is 6.10 Å². The second-order valence-corrected chi connectivity index (χ2v) is 5.26. The lowest BCUT2D eigenvalue weighted by Gasteiger charge is -2.20. The molecule has 1 atom stereocenters. The molecule has 1 aliphatic rings. The summed E-state index contributed by atoms with van der Waals surface area (Å²) in [4.78, 5) is 13.9. The van der Waals surface area contributed by atoms with Crippen LogP contribution in [0.1, 0.15) is 23.2 Å². The molecule has 0 spiro atoms. The predicted octanol–water partition coefficient (Wildman–Crippen LogP) is 1.41. The third kappa shape index (κ3) is 2.46. The number of carbonyl (C=O) groups excluding carboxylic acids is 1. The first-order valence-electron chi connectivity index (χ1n) is 6.52. The van der Waals surface area contributed by atoms with Crippen molar-refractivity contribution in [2.24, 2.45) is 5.92 Å². The maximum absolute atomic E-state index is 12.3. The zero-order valence-corrected chi connectivity index (χ0v) is 10.8. The van der Waals surface area contributed by atoms with Gasteiger partial charge >= 0.3 is 0 Å². The number of likely N-dealkylation sites (N-methyl/N-ethyl adjacent to an activating group) is 1. The number of nitrogens with zero attached hydrogens (tertiary/aromatic N) is 2. The van der Waals surface area contributed by atoms with Gasteiger partial charge < -0.3 is 10.0 Å². The first kappa shape index (κ1) is 12.2. The van der Waals surface area contributed by atoms with E-state index in [0.717, 1.165) is 23.7 Å². The molecule has 1 saturated carbocycles. The summed E-state index contributed by atoms with van der Waals surface area (Å²) in [6.07, 6.45) is 3.45. The fraction of sp³-hybridized carbons (Fsp3) is 0.429. The number of nitrogens with one attached hydrogen (secondary N) is 1. The summed E-state index contributed by atoms with van der Waals surface area (Å²) in [5.74, 6) is 0.314. The number of aliphatic hydroxyl groups excluding tert-OH is 1. The van der Waals surface area contributed by atoms with Crippen molar-refractivity contribution >= 4 is 16.8 Å². The van der Waals surface area contributed by atoms with Crippen LogP contribution in [0, 0.1) is 5.92 Å². The van der Waals surface area contributed by atoms with Gasteiger partial charge in [-0.15, -0.1) is 0 Å². The van der Waals surface area contributed by atoms with Crippen LogP contribution >= 0.6 is 0 Å². The zero-order valence-electron chi connectivity index (χ0n) is 10.8. The van der Waals surface area contributed by atoms with Crippen molar-refractivity contribution < 1.29 is 9.90 Å². The molecule has 5 heteroatoms. The maximum atomic E-state index is 12.3. The van der Waals surface area contributed by atoms with Crippen molar-refractivity contribution in [3.63, 3.8) is 0 Å². The number of hydrogen-bond acceptors (Lipinski definition) is 3. The second kappa shape index (κ2) is 4.66. The molecule has 0 radical (unpaired) electrons. The maximum Gasteiger partial charge on any atom is 0.253 e. The van der Waals surface area contributed by atoms with Crippen LogP contribution in [0.4, 0.5) is 0 Å². The lowest BCUT2D eigenvalue weighted by molar-refractivity contribution is 0.0645. The van der Waals surface area contributed by atoms with Crippen molar-refractivity contribution in [3.05, 3.63) is 30.0 Å². The average Bonchev–Trinajstić information content (AvgIpc) is 3.15. The number of aromatic nitrogens is 2. The zero-order chi connectivity index (χ0) is 13.4. The van der Waals surface area contributed by atoms with E-state index in [1.54, 1.807) is 24.2 Å². The Hall–Kier alpha value is -1.88. The number of H-pyrrole nitrogens is 1. The molecule has 1 aliphatic carbocycles. The number of aromatic amines is 1. The average molecular weight is 259 g/mol. The van der Waals surface area contributed by atoms with Gasteiger partial charge in [0, 0.05) is 24.5 Å². The van der Waals surface area contributed by atoms with E-state index in [4.69, 9.17) is 0 Å². The molecule has 1 heterocycles. The summed E-state index contributed by atoms with van der Waals surface area (Å²) in [7, 11) is 1.73. The number of amides is 1. The van der Waals surface area contributed by atoms with Crippen molar-refractivity contribution in [2.75, 3.05) is 13.6 Å². The minimum absolute atomic E-state index is 0.0669. The Kier molecular flexibility index (Phi) is 2.98. The standard InChI is InChI=1S/C14H17N3O2/c1-17(8-13(18)9-2-3-9)14(19)10-4-5-12-11(6-10)7-15-16-12/h4-7,9,13,18H,2-3,8H2,1H3,(H,15,16). The number of rotatable bonds is 4. The monoisotopic (exact) mass is 259 g/mol. The van der Waals surface area contributed by atoms with Gasteiger partial charge in [0.25, 0.3) is 5.91 Å². The Labute approximate surface area is 111 Å². The van der Waals surface area contributed by atoms with Crippen LogP contribution in [0.3, 0.4) is 0 Å². The molecule has 100 valence electrons. The van der Waals surface area contributed by atoms with Crippen molar-refractivity contribution in [1.82, 2.24) is 15.1 Å². The lowest BCUT2D eigenvalue weighted by atomic mass is 10.1. The molecule has 1 aromatic carbocycles. The van der Waals surface area contributed by atoms with E-state index in [9.17, 15) is 9.90 Å². The Balaban J connectivity index is 1.74. The van der Waals surface area contributed by atoms with Crippen LogP contribution < -0.4 is 0 Å².